The van der Waals surface area contributed by atoms with Crippen molar-refractivity contribution < 1.29 is 34.1 Å². The van der Waals surface area contributed by atoms with Gasteiger partial charge in [-0.2, -0.15) is 0 Å². The molecule has 6 aliphatic rings. The number of rotatable bonds is 4. The van der Waals surface area contributed by atoms with E-state index in [4.69, 9.17) is 4.74 Å². The van der Waals surface area contributed by atoms with E-state index < -0.39 is 34.3 Å². The van der Waals surface area contributed by atoms with Crippen LogP contribution in [0, 0.1) is 56.2 Å². The first kappa shape index (κ1) is 28.9. The normalized spacial score (nSPS) is 50.8. The van der Waals surface area contributed by atoms with Crippen molar-refractivity contribution in [2.45, 2.75) is 118 Å². The molecular weight excluding hydrogens is 520 g/mol. The molecule has 0 aliphatic heterocycles. The summed E-state index contributed by atoms with van der Waals surface area (Å²) in [5.41, 5.74) is -2.11. The van der Waals surface area contributed by atoms with Crippen molar-refractivity contribution in [1.29, 1.82) is 0 Å². The molecule has 0 radical (unpaired) electrons. The number of aliphatic carboxylic acids is 2. The largest absolute Gasteiger partial charge is 0.481 e. The van der Waals surface area contributed by atoms with Crippen LogP contribution in [-0.2, 0) is 23.9 Å². The fourth-order valence-corrected chi connectivity index (χ4v) is 11.1. The van der Waals surface area contributed by atoms with Crippen LogP contribution < -0.4 is 0 Å². The maximum Gasteiger partial charge on any atom is 0.313 e. The number of ether oxygens (including phenoxy) is 1. The fourth-order valence-electron chi connectivity index (χ4n) is 11.1. The predicted octanol–water partition coefficient (Wildman–Crippen LogP) is 6.44. The highest BCUT2D eigenvalue weighted by molar-refractivity contribution is 5.96. The van der Waals surface area contributed by atoms with Gasteiger partial charge in [-0.3, -0.25) is 19.2 Å². The average molecular weight is 569 g/mol. The first-order valence-electron chi connectivity index (χ1n) is 15.9. The summed E-state index contributed by atoms with van der Waals surface area (Å²) in [6, 6.07) is 0. The molecule has 0 unspecified atom stereocenters. The summed E-state index contributed by atoms with van der Waals surface area (Å²) in [6.07, 6.45) is 9.32. The number of hydrogen-bond acceptors (Lipinski definition) is 5. The Balaban J connectivity index is 1.40. The Kier molecular flexibility index (Phi) is 6.13. The lowest BCUT2D eigenvalue weighted by atomic mass is 9.33. The molecule has 7 heteroatoms. The second-order valence-electron chi connectivity index (χ2n) is 16.4. The van der Waals surface area contributed by atoms with E-state index in [1.54, 1.807) is 6.92 Å². The third-order valence-corrected chi connectivity index (χ3v) is 14.3. The van der Waals surface area contributed by atoms with E-state index in [1.807, 2.05) is 13.0 Å². The van der Waals surface area contributed by atoms with Crippen LogP contribution in [0.4, 0.5) is 0 Å². The minimum absolute atomic E-state index is 0.0176. The van der Waals surface area contributed by atoms with Crippen LogP contribution in [0.2, 0.25) is 0 Å². The molecule has 0 aromatic heterocycles. The van der Waals surface area contributed by atoms with Crippen molar-refractivity contribution in [2.24, 2.45) is 56.2 Å². The molecule has 0 aromatic rings. The predicted molar refractivity (Wildman–Crippen MR) is 152 cm³/mol. The van der Waals surface area contributed by atoms with Gasteiger partial charge in [0.15, 0.2) is 5.78 Å². The van der Waals surface area contributed by atoms with Gasteiger partial charge < -0.3 is 14.9 Å². The maximum atomic E-state index is 14.5. The number of allylic oxidation sites excluding steroid dienone is 2. The first-order chi connectivity index (χ1) is 19.0. The summed E-state index contributed by atoms with van der Waals surface area (Å²) in [6.45, 7) is 12.6. The van der Waals surface area contributed by atoms with E-state index in [-0.39, 0.29) is 51.7 Å². The first-order valence-corrected chi connectivity index (χ1v) is 15.9. The summed E-state index contributed by atoms with van der Waals surface area (Å²) in [5.74, 6) is -2.56. The van der Waals surface area contributed by atoms with E-state index in [0.717, 1.165) is 44.1 Å². The zero-order valence-corrected chi connectivity index (χ0v) is 25.7. The van der Waals surface area contributed by atoms with Crippen LogP contribution >= 0.6 is 0 Å². The zero-order chi connectivity index (χ0) is 30.0. The Bertz CT molecular complexity index is 1250. The molecule has 0 amide bonds. The number of carbonyl (C=O) groups is 4. The van der Waals surface area contributed by atoms with E-state index in [1.165, 1.54) is 0 Å². The van der Waals surface area contributed by atoms with Gasteiger partial charge in [0.05, 0.1) is 11.3 Å². The third kappa shape index (κ3) is 3.68. The summed E-state index contributed by atoms with van der Waals surface area (Å²) >= 11 is 0. The smallest absolute Gasteiger partial charge is 0.313 e. The van der Waals surface area contributed by atoms with Crippen molar-refractivity contribution in [3.63, 3.8) is 0 Å². The van der Waals surface area contributed by atoms with Crippen LogP contribution in [0.3, 0.4) is 0 Å². The minimum Gasteiger partial charge on any atom is -0.481 e. The standard InChI is InChI=1S/C34H48O7/c1-29-13-14-30(2,27(37)38)18-21(29)20-17-22(35)25-31(3)11-10-24(41-26(36)19-7-8-19)34(6,28(39)40)23(31)9-12-33(25,5)32(20,4)16-15-29/h17,19,21,23-25H,7-16,18H2,1-6H3,(H,37,38)(H,39,40)/t21-,23+,24-,25+,29+,30-,31-,32+,33+,34-/m0/s1. The van der Waals surface area contributed by atoms with Gasteiger partial charge >= 0.3 is 17.9 Å². The van der Waals surface area contributed by atoms with Gasteiger partial charge in [-0.15, -0.1) is 0 Å². The zero-order valence-electron chi connectivity index (χ0n) is 25.7. The number of carboxylic acids is 2. The summed E-state index contributed by atoms with van der Waals surface area (Å²) in [7, 11) is 0. The molecule has 226 valence electrons. The second kappa shape index (κ2) is 8.69. The van der Waals surface area contributed by atoms with Crippen LogP contribution in [0.1, 0.15) is 112 Å². The number of ketones is 1. The monoisotopic (exact) mass is 568 g/mol. The van der Waals surface area contributed by atoms with Gasteiger partial charge in [0.1, 0.15) is 11.5 Å². The van der Waals surface area contributed by atoms with Gasteiger partial charge in [-0.1, -0.05) is 33.3 Å². The third-order valence-electron chi connectivity index (χ3n) is 14.3. The van der Waals surface area contributed by atoms with E-state index >= 15 is 0 Å². The molecule has 7 nitrogen and oxygen atoms in total. The van der Waals surface area contributed by atoms with Crippen LogP contribution in [0.15, 0.2) is 11.6 Å². The lowest BCUT2D eigenvalue weighted by Crippen LogP contribution is -2.68. The van der Waals surface area contributed by atoms with Gasteiger partial charge in [0, 0.05) is 5.92 Å². The number of carboxylic acid groups (broad SMARTS) is 2. The van der Waals surface area contributed by atoms with Crippen molar-refractivity contribution in [3.05, 3.63) is 11.6 Å². The Labute approximate surface area is 243 Å². The van der Waals surface area contributed by atoms with Crippen molar-refractivity contribution in [3.8, 4) is 0 Å². The second-order valence-corrected chi connectivity index (χ2v) is 16.4. The van der Waals surface area contributed by atoms with Gasteiger partial charge in [-0.25, -0.2) is 0 Å². The fraction of sp³-hybridized carbons (Fsp3) is 0.824. The molecule has 0 heterocycles. The SMILES string of the molecule is C[C@]1(C(=O)O)CC[C@]2(C)CC[C@]3(C)C(=CC(=O)[C@@H]4[C@@]5(C)CC[C@H](OC(=O)C6CC6)[C@@](C)(C(=O)O)[C@@H]5CC[C@]43C)[C@@H]2C1. The number of esters is 1. The molecular formula is C34H48O7. The molecule has 2 N–H and O–H groups in total. The topological polar surface area (TPSA) is 118 Å². The van der Waals surface area contributed by atoms with Gasteiger partial charge in [0.25, 0.3) is 0 Å². The summed E-state index contributed by atoms with van der Waals surface area (Å²) in [5, 5.41) is 20.8. The summed E-state index contributed by atoms with van der Waals surface area (Å²) in [4.78, 5) is 52.5. The van der Waals surface area contributed by atoms with Crippen molar-refractivity contribution >= 4 is 23.7 Å². The molecule has 5 fully saturated rings. The summed E-state index contributed by atoms with van der Waals surface area (Å²) < 4.78 is 5.92. The highest BCUT2D eigenvalue weighted by Crippen LogP contribution is 2.75. The Morgan fingerprint density at radius 2 is 1.49 bits per heavy atom. The lowest BCUT2D eigenvalue weighted by molar-refractivity contribution is -0.221. The van der Waals surface area contributed by atoms with Crippen LogP contribution in [0.25, 0.3) is 0 Å². The average Bonchev–Trinajstić information content (AvgIpc) is 3.73. The molecule has 6 aliphatic carbocycles. The molecule has 0 spiro atoms. The Morgan fingerprint density at radius 1 is 0.829 bits per heavy atom. The molecule has 5 saturated carbocycles. The van der Waals surface area contributed by atoms with Gasteiger partial charge in [0.2, 0.25) is 0 Å². The number of carbonyl (C=O) groups excluding carboxylic acids is 2. The number of hydrogen-bond donors (Lipinski definition) is 2. The lowest BCUT2D eigenvalue weighted by Gasteiger charge is -2.70. The van der Waals surface area contributed by atoms with E-state index in [0.29, 0.717) is 32.1 Å². The highest BCUT2D eigenvalue weighted by Gasteiger charge is 2.72. The van der Waals surface area contributed by atoms with Crippen LogP contribution in [0.5, 0.6) is 0 Å². The Morgan fingerprint density at radius 3 is 2.10 bits per heavy atom. The van der Waals surface area contributed by atoms with Crippen molar-refractivity contribution in [2.75, 3.05) is 0 Å². The quantitative estimate of drug-likeness (QED) is 0.375. The maximum absolute atomic E-state index is 14.5. The molecule has 41 heavy (non-hydrogen) atoms. The molecule has 0 bridgehead atoms. The van der Waals surface area contributed by atoms with E-state index in [2.05, 4.69) is 27.7 Å². The van der Waals surface area contributed by atoms with Crippen molar-refractivity contribution in [1.82, 2.24) is 0 Å². The van der Waals surface area contributed by atoms with Crippen LogP contribution in [-0.4, -0.2) is 40.0 Å². The van der Waals surface area contributed by atoms with E-state index in [9.17, 15) is 29.4 Å². The molecule has 6 rings (SSSR count). The Hall–Kier alpha value is -2.18. The molecule has 0 aromatic carbocycles. The number of fused-ring (bicyclic) bond motifs is 7. The molecule has 10 atom stereocenters. The highest BCUT2D eigenvalue weighted by atomic mass is 16.5. The van der Waals surface area contributed by atoms with Gasteiger partial charge in [-0.05, 0) is 124 Å². The molecule has 0 saturated heterocycles. The minimum atomic E-state index is -1.26.